The Bertz CT molecular complexity index is 868. The quantitative estimate of drug-likeness (QED) is 0.432. The summed E-state index contributed by atoms with van der Waals surface area (Å²) in [6.45, 7) is -0.345. The van der Waals surface area contributed by atoms with Gasteiger partial charge >= 0.3 is 5.69 Å². The second-order valence-corrected chi connectivity index (χ2v) is 4.81. The molecule has 0 saturated carbocycles. The summed E-state index contributed by atoms with van der Waals surface area (Å²) in [5.74, 6) is -0.970. The fourth-order valence-electron chi connectivity index (χ4n) is 1.84. The van der Waals surface area contributed by atoms with Crippen LogP contribution in [0.4, 0.5) is 11.4 Å². The summed E-state index contributed by atoms with van der Waals surface area (Å²) in [5.41, 5.74) is 0.335. The maximum absolute atomic E-state index is 11.6. The summed E-state index contributed by atoms with van der Waals surface area (Å²) in [6.07, 6.45) is 0.857. The van der Waals surface area contributed by atoms with Crippen molar-refractivity contribution < 1.29 is 24.5 Å². The zero-order valence-electron chi connectivity index (χ0n) is 13.1. The number of para-hydroxylation sites is 1. The van der Waals surface area contributed by atoms with Gasteiger partial charge in [0.25, 0.3) is 11.6 Å². The highest BCUT2D eigenvalue weighted by molar-refractivity contribution is 5.88. The van der Waals surface area contributed by atoms with Crippen LogP contribution in [0.15, 0.2) is 47.6 Å². The Hall–Kier alpha value is -4.02. The van der Waals surface area contributed by atoms with Crippen LogP contribution in [-0.2, 0) is 4.79 Å². The normalized spacial score (nSPS) is 10.5. The molecular formula is C15H12N4O7. The number of rotatable bonds is 7. The van der Waals surface area contributed by atoms with Crippen LogP contribution in [0.2, 0.25) is 0 Å². The summed E-state index contributed by atoms with van der Waals surface area (Å²) in [4.78, 5) is 31.5. The number of carbonyl (C=O) groups excluding carboxylic acids is 1. The Morgan fingerprint density at radius 3 is 2.50 bits per heavy atom. The Morgan fingerprint density at radius 2 is 1.88 bits per heavy atom. The molecule has 2 aromatic rings. The zero-order chi connectivity index (χ0) is 19.1. The maximum atomic E-state index is 11.6. The van der Waals surface area contributed by atoms with E-state index in [-0.39, 0.29) is 12.2 Å². The van der Waals surface area contributed by atoms with Crippen molar-refractivity contribution in [1.82, 2.24) is 5.43 Å². The number of hydrogen-bond donors (Lipinski definition) is 2. The third-order valence-electron chi connectivity index (χ3n) is 3.02. The third-order valence-corrected chi connectivity index (χ3v) is 3.02. The number of nitro benzene ring substituents is 2. The number of ether oxygens (including phenoxy) is 1. The summed E-state index contributed by atoms with van der Waals surface area (Å²) >= 11 is 0. The number of carbonyl (C=O) groups is 1. The number of hydrogen-bond acceptors (Lipinski definition) is 8. The molecule has 0 atom stereocenters. The Kier molecular flexibility index (Phi) is 5.77. The Balaban J connectivity index is 2.06. The van der Waals surface area contributed by atoms with Crippen molar-refractivity contribution in [3.63, 3.8) is 0 Å². The Labute approximate surface area is 145 Å². The fraction of sp³-hybridized carbons (Fsp3) is 0.0667. The highest BCUT2D eigenvalue weighted by Crippen LogP contribution is 2.33. The number of nitrogens with zero attached hydrogens (tertiary/aromatic N) is 3. The van der Waals surface area contributed by atoms with Gasteiger partial charge in [0.05, 0.1) is 27.7 Å². The van der Waals surface area contributed by atoms with E-state index in [1.54, 1.807) is 30.3 Å². The molecule has 0 aliphatic carbocycles. The minimum atomic E-state index is -0.966. The monoisotopic (exact) mass is 360 g/mol. The van der Waals surface area contributed by atoms with E-state index in [2.05, 4.69) is 10.5 Å². The van der Waals surface area contributed by atoms with Gasteiger partial charge in [-0.2, -0.15) is 5.10 Å². The number of benzene rings is 2. The van der Waals surface area contributed by atoms with Crippen LogP contribution in [0.5, 0.6) is 11.5 Å². The van der Waals surface area contributed by atoms with Gasteiger partial charge < -0.3 is 9.84 Å². The molecule has 0 unspecified atom stereocenters. The summed E-state index contributed by atoms with van der Waals surface area (Å²) in [5, 5.41) is 35.0. The minimum absolute atomic E-state index is 0.296. The minimum Gasteiger partial charge on any atom is -0.502 e. The van der Waals surface area contributed by atoms with Crippen LogP contribution in [0.25, 0.3) is 0 Å². The predicted molar refractivity (Wildman–Crippen MR) is 89.1 cm³/mol. The zero-order valence-corrected chi connectivity index (χ0v) is 13.1. The third kappa shape index (κ3) is 4.74. The van der Waals surface area contributed by atoms with Gasteiger partial charge in [0.15, 0.2) is 6.61 Å². The van der Waals surface area contributed by atoms with Gasteiger partial charge in [0.2, 0.25) is 5.75 Å². The molecule has 2 N–H and O–H groups in total. The second kappa shape index (κ2) is 8.19. The van der Waals surface area contributed by atoms with E-state index >= 15 is 0 Å². The molecule has 0 bridgehead atoms. The first-order valence-corrected chi connectivity index (χ1v) is 7.04. The van der Waals surface area contributed by atoms with E-state index < -0.39 is 32.9 Å². The molecule has 0 heterocycles. The average molecular weight is 360 g/mol. The van der Waals surface area contributed by atoms with Gasteiger partial charge in [-0.15, -0.1) is 0 Å². The molecule has 0 radical (unpaired) electrons. The molecule has 0 aliphatic heterocycles. The van der Waals surface area contributed by atoms with Crippen LogP contribution >= 0.6 is 0 Å². The highest BCUT2D eigenvalue weighted by Gasteiger charge is 2.23. The van der Waals surface area contributed by atoms with Crippen molar-refractivity contribution >= 4 is 23.5 Å². The smallest absolute Gasteiger partial charge is 0.318 e. The first-order chi connectivity index (χ1) is 12.4. The number of phenolic OH excluding ortho intramolecular Hbond substituents is 1. The number of aromatic hydroxyl groups is 1. The van der Waals surface area contributed by atoms with Crippen molar-refractivity contribution in [3.05, 3.63) is 68.3 Å². The molecule has 0 saturated heterocycles. The van der Waals surface area contributed by atoms with Crippen LogP contribution in [-0.4, -0.2) is 33.7 Å². The van der Waals surface area contributed by atoms with E-state index in [1.165, 1.54) is 0 Å². The molecule has 0 aliphatic rings. The average Bonchev–Trinajstić information content (AvgIpc) is 2.61. The van der Waals surface area contributed by atoms with E-state index in [1.807, 2.05) is 0 Å². The lowest BCUT2D eigenvalue weighted by molar-refractivity contribution is -0.394. The van der Waals surface area contributed by atoms with Crippen molar-refractivity contribution in [2.75, 3.05) is 6.61 Å². The van der Waals surface area contributed by atoms with Gasteiger partial charge in [-0.05, 0) is 12.1 Å². The molecular weight excluding hydrogens is 348 g/mol. The van der Waals surface area contributed by atoms with Gasteiger partial charge in [-0.25, -0.2) is 5.43 Å². The molecule has 26 heavy (non-hydrogen) atoms. The highest BCUT2D eigenvalue weighted by atomic mass is 16.6. The van der Waals surface area contributed by atoms with Crippen LogP contribution in [0.1, 0.15) is 5.56 Å². The number of phenols is 1. The number of amides is 1. The fourth-order valence-corrected chi connectivity index (χ4v) is 1.84. The molecule has 0 fully saturated rings. The molecule has 2 rings (SSSR count). The van der Waals surface area contributed by atoms with Gasteiger partial charge in [0, 0.05) is 6.07 Å². The van der Waals surface area contributed by atoms with E-state index in [0.717, 1.165) is 12.3 Å². The predicted octanol–water partition coefficient (Wildman–Crippen LogP) is 1.74. The number of nitrogens with one attached hydrogen (secondary N) is 1. The molecule has 2 aromatic carbocycles. The van der Waals surface area contributed by atoms with Gasteiger partial charge in [-0.1, -0.05) is 18.2 Å². The molecule has 11 nitrogen and oxygen atoms in total. The largest absolute Gasteiger partial charge is 0.502 e. The van der Waals surface area contributed by atoms with E-state index in [9.17, 15) is 30.1 Å². The number of hydrazone groups is 1. The molecule has 0 spiro atoms. The molecule has 11 heteroatoms. The standard InChI is InChI=1S/C15H12N4O7/c20-14(9-26-12-4-2-1-3-5-12)17-16-8-10-6-11(18(22)23)7-13(15(10)21)19(24)25/h1-8,21H,9H2,(H,17,20)/b16-8-. The van der Waals surface area contributed by atoms with Gasteiger partial charge in [-0.3, -0.25) is 25.0 Å². The second-order valence-electron chi connectivity index (χ2n) is 4.81. The van der Waals surface area contributed by atoms with Crippen molar-refractivity contribution in [1.29, 1.82) is 0 Å². The lowest BCUT2D eigenvalue weighted by Gasteiger charge is -2.04. The van der Waals surface area contributed by atoms with Crippen molar-refractivity contribution in [3.8, 4) is 11.5 Å². The van der Waals surface area contributed by atoms with E-state index in [4.69, 9.17) is 4.74 Å². The van der Waals surface area contributed by atoms with Gasteiger partial charge in [0.1, 0.15) is 5.75 Å². The first-order valence-electron chi connectivity index (χ1n) is 7.04. The van der Waals surface area contributed by atoms with Crippen molar-refractivity contribution in [2.24, 2.45) is 5.10 Å². The van der Waals surface area contributed by atoms with E-state index in [0.29, 0.717) is 11.8 Å². The summed E-state index contributed by atoms with van der Waals surface area (Å²) in [7, 11) is 0. The van der Waals surface area contributed by atoms with Crippen LogP contribution in [0, 0.1) is 20.2 Å². The number of nitro groups is 2. The topological polar surface area (TPSA) is 157 Å². The molecule has 1 amide bonds. The number of non-ortho nitro benzene ring substituents is 1. The SMILES string of the molecule is O=C(COc1ccccc1)N/N=C\c1cc([N+](=O)[O-])cc([N+](=O)[O-])c1O. The molecule has 0 aromatic heterocycles. The lowest BCUT2D eigenvalue weighted by Crippen LogP contribution is -2.24. The van der Waals surface area contributed by atoms with Crippen molar-refractivity contribution in [2.45, 2.75) is 0 Å². The first kappa shape index (κ1) is 18.3. The van der Waals surface area contributed by atoms with Crippen LogP contribution < -0.4 is 10.2 Å². The van der Waals surface area contributed by atoms with Crippen LogP contribution in [0.3, 0.4) is 0 Å². The maximum Gasteiger partial charge on any atom is 0.318 e. The molecule has 134 valence electrons. The summed E-state index contributed by atoms with van der Waals surface area (Å²) in [6, 6.07) is 10.0. The lowest BCUT2D eigenvalue weighted by atomic mass is 10.1. The summed E-state index contributed by atoms with van der Waals surface area (Å²) < 4.78 is 5.18. The Morgan fingerprint density at radius 1 is 1.19 bits per heavy atom.